The van der Waals surface area contributed by atoms with Gasteiger partial charge in [-0.2, -0.15) is 10.2 Å². The third-order valence-corrected chi connectivity index (χ3v) is 2.45. The van der Waals surface area contributed by atoms with Gasteiger partial charge in [-0.3, -0.25) is 9.36 Å². The van der Waals surface area contributed by atoms with Gasteiger partial charge in [-0.25, -0.2) is 9.59 Å². The summed E-state index contributed by atoms with van der Waals surface area (Å²) >= 11 is 0. The lowest BCUT2D eigenvalue weighted by Gasteiger charge is -1.93. The summed E-state index contributed by atoms with van der Waals surface area (Å²) in [6.07, 6.45) is 8.72. The summed E-state index contributed by atoms with van der Waals surface area (Å²) in [6.45, 7) is 0. The average molecular weight is 286 g/mol. The van der Waals surface area contributed by atoms with Crippen LogP contribution in [0.15, 0.2) is 36.7 Å². The highest BCUT2D eigenvalue weighted by Crippen LogP contribution is 2.00. The van der Waals surface area contributed by atoms with Crippen LogP contribution in [0, 0.1) is 0 Å². The summed E-state index contributed by atoms with van der Waals surface area (Å²) < 4.78 is 7.79. The van der Waals surface area contributed by atoms with Crippen LogP contribution in [0.5, 0.6) is 0 Å². The molecule has 21 heavy (non-hydrogen) atoms. The van der Waals surface area contributed by atoms with Crippen molar-refractivity contribution in [1.82, 2.24) is 19.6 Å². The molecule has 2 heterocycles. The Morgan fingerprint density at radius 1 is 0.952 bits per heavy atom. The zero-order valence-electron chi connectivity index (χ0n) is 11.6. The molecule has 0 radical (unpaired) electrons. The summed E-state index contributed by atoms with van der Waals surface area (Å²) in [6, 6.07) is 3.46. The minimum atomic E-state index is -0.753. The molecule has 108 valence electrons. The number of aryl methyl sites for hydroxylation is 2. The Hall–Kier alpha value is -2.96. The maximum Gasteiger partial charge on any atom is 0.338 e. The number of aromatic nitrogens is 4. The lowest BCUT2D eigenvalue weighted by Crippen LogP contribution is -2.06. The second-order valence-corrected chi connectivity index (χ2v) is 4.24. The molecule has 0 aromatic carbocycles. The van der Waals surface area contributed by atoms with Crippen molar-refractivity contribution in [1.29, 1.82) is 0 Å². The number of esters is 2. The Labute approximate surface area is 121 Å². The number of hydrogen-bond donors (Lipinski definition) is 0. The molecule has 0 aliphatic heterocycles. The molecule has 0 N–H and O–H groups in total. The van der Waals surface area contributed by atoms with E-state index in [9.17, 15) is 9.59 Å². The predicted octanol–water partition coefficient (Wildman–Crippen LogP) is 0.950. The number of rotatable bonds is 4. The fraction of sp³-hybridized carbons (Fsp3) is 0.143. The lowest BCUT2D eigenvalue weighted by atomic mass is 10.4. The largest absolute Gasteiger partial charge is 0.387 e. The van der Waals surface area contributed by atoms with Gasteiger partial charge in [-0.15, -0.1) is 0 Å². The third-order valence-electron chi connectivity index (χ3n) is 2.45. The van der Waals surface area contributed by atoms with Crippen LogP contribution in [0.25, 0.3) is 12.2 Å². The van der Waals surface area contributed by atoms with E-state index in [-0.39, 0.29) is 0 Å². The second kappa shape index (κ2) is 6.47. The maximum atomic E-state index is 11.4. The molecule has 2 aromatic heterocycles. The van der Waals surface area contributed by atoms with Crippen LogP contribution in [-0.4, -0.2) is 31.5 Å². The van der Waals surface area contributed by atoms with E-state index in [1.807, 2.05) is 0 Å². The molecule has 0 fully saturated rings. The average Bonchev–Trinajstić information content (AvgIpc) is 3.03. The molecule has 0 saturated heterocycles. The molecular formula is C14H14N4O3. The first-order chi connectivity index (χ1) is 10.0. The standard InChI is InChI=1S/C14H14N4O3/c1-17-9-7-11(15-17)3-5-13(19)21-14(20)6-4-12-8-10-18(2)16-12/h3-10H,1-2H3/b5-3+,6-4+. The molecule has 2 rings (SSSR count). The monoisotopic (exact) mass is 286 g/mol. The van der Waals surface area contributed by atoms with Crippen molar-refractivity contribution in [3.8, 4) is 0 Å². The zero-order chi connectivity index (χ0) is 15.2. The van der Waals surface area contributed by atoms with Gasteiger partial charge in [0.1, 0.15) is 0 Å². The number of hydrogen-bond acceptors (Lipinski definition) is 5. The molecule has 0 aliphatic rings. The second-order valence-electron chi connectivity index (χ2n) is 4.24. The summed E-state index contributed by atoms with van der Waals surface area (Å²) in [5.74, 6) is -1.51. The molecule has 0 amide bonds. The summed E-state index contributed by atoms with van der Waals surface area (Å²) in [5.41, 5.74) is 1.21. The molecule has 0 unspecified atom stereocenters. The summed E-state index contributed by atoms with van der Waals surface area (Å²) in [5, 5.41) is 8.11. The Kier molecular flexibility index (Phi) is 4.45. The predicted molar refractivity (Wildman–Crippen MR) is 75.6 cm³/mol. The molecular weight excluding hydrogens is 272 g/mol. The highest BCUT2D eigenvalue weighted by Gasteiger charge is 2.04. The van der Waals surface area contributed by atoms with Gasteiger partial charge in [-0.1, -0.05) is 0 Å². The minimum absolute atomic E-state index is 0.603. The van der Waals surface area contributed by atoms with Crippen molar-refractivity contribution in [2.75, 3.05) is 0 Å². The Bertz CT molecular complexity index is 649. The van der Waals surface area contributed by atoms with Gasteiger partial charge in [0.2, 0.25) is 0 Å². The normalized spacial score (nSPS) is 11.3. The topological polar surface area (TPSA) is 79.0 Å². The van der Waals surface area contributed by atoms with Crippen LogP contribution in [0.4, 0.5) is 0 Å². The first-order valence-corrected chi connectivity index (χ1v) is 6.14. The molecule has 2 aromatic rings. The van der Waals surface area contributed by atoms with Gasteiger partial charge in [0.05, 0.1) is 11.4 Å². The van der Waals surface area contributed by atoms with Crippen LogP contribution in [0.2, 0.25) is 0 Å². The molecule has 0 aliphatic carbocycles. The van der Waals surface area contributed by atoms with Gasteiger partial charge in [0.25, 0.3) is 0 Å². The van der Waals surface area contributed by atoms with Gasteiger partial charge in [0, 0.05) is 38.6 Å². The highest BCUT2D eigenvalue weighted by molar-refractivity contribution is 5.99. The van der Waals surface area contributed by atoms with Crippen LogP contribution in [0.3, 0.4) is 0 Å². The maximum absolute atomic E-state index is 11.4. The number of carbonyl (C=O) groups is 2. The van der Waals surface area contributed by atoms with E-state index < -0.39 is 11.9 Å². The van der Waals surface area contributed by atoms with Crippen LogP contribution in [0.1, 0.15) is 11.4 Å². The van der Waals surface area contributed by atoms with E-state index in [1.54, 1.807) is 48.0 Å². The van der Waals surface area contributed by atoms with Gasteiger partial charge < -0.3 is 4.74 Å². The van der Waals surface area contributed by atoms with E-state index >= 15 is 0 Å². The van der Waals surface area contributed by atoms with Crippen molar-refractivity contribution in [3.63, 3.8) is 0 Å². The van der Waals surface area contributed by atoms with Crippen molar-refractivity contribution < 1.29 is 14.3 Å². The fourth-order valence-electron chi connectivity index (χ4n) is 1.52. The zero-order valence-corrected chi connectivity index (χ0v) is 11.6. The van der Waals surface area contributed by atoms with E-state index in [4.69, 9.17) is 0 Å². The number of ether oxygens (including phenoxy) is 1. The first kappa shape index (κ1) is 14.4. The van der Waals surface area contributed by atoms with Crippen LogP contribution in [-0.2, 0) is 28.4 Å². The Morgan fingerprint density at radius 3 is 1.71 bits per heavy atom. The van der Waals surface area contributed by atoms with Gasteiger partial charge in [-0.05, 0) is 24.3 Å². The molecule has 0 saturated carbocycles. The van der Waals surface area contributed by atoms with E-state index in [0.29, 0.717) is 11.4 Å². The van der Waals surface area contributed by atoms with Crippen LogP contribution < -0.4 is 0 Å². The quantitative estimate of drug-likeness (QED) is 0.475. The Morgan fingerprint density at radius 2 is 1.38 bits per heavy atom. The molecule has 0 atom stereocenters. The van der Waals surface area contributed by atoms with Gasteiger partial charge >= 0.3 is 11.9 Å². The molecule has 7 heteroatoms. The third kappa shape index (κ3) is 4.57. The van der Waals surface area contributed by atoms with Crippen molar-refractivity contribution in [2.24, 2.45) is 14.1 Å². The molecule has 0 spiro atoms. The van der Waals surface area contributed by atoms with Crippen molar-refractivity contribution >= 4 is 24.1 Å². The van der Waals surface area contributed by atoms with E-state index in [2.05, 4.69) is 14.9 Å². The van der Waals surface area contributed by atoms with E-state index in [1.165, 1.54) is 12.2 Å². The van der Waals surface area contributed by atoms with Crippen molar-refractivity contribution in [3.05, 3.63) is 48.1 Å². The Balaban J connectivity index is 1.86. The SMILES string of the molecule is Cn1ccc(/C=C/C(=O)OC(=O)/C=C/c2ccn(C)n2)n1. The lowest BCUT2D eigenvalue weighted by molar-refractivity contribution is -0.152. The van der Waals surface area contributed by atoms with E-state index in [0.717, 1.165) is 12.2 Å². The highest BCUT2D eigenvalue weighted by atomic mass is 16.6. The smallest absolute Gasteiger partial charge is 0.338 e. The number of nitrogens with zero attached hydrogens (tertiary/aromatic N) is 4. The molecule has 7 nitrogen and oxygen atoms in total. The van der Waals surface area contributed by atoms with Crippen molar-refractivity contribution in [2.45, 2.75) is 0 Å². The first-order valence-electron chi connectivity index (χ1n) is 6.14. The van der Waals surface area contributed by atoms with Crippen LogP contribution >= 0.6 is 0 Å². The summed E-state index contributed by atoms with van der Waals surface area (Å²) in [7, 11) is 3.53. The summed E-state index contributed by atoms with van der Waals surface area (Å²) in [4.78, 5) is 22.9. The fourth-order valence-corrected chi connectivity index (χ4v) is 1.52. The minimum Gasteiger partial charge on any atom is -0.387 e. The van der Waals surface area contributed by atoms with Gasteiger partial charge in [0.15, 0.2) is 0 Å². The number of carbonyl (C=O) groups excluding carboxylic acids is 2. The molecule has 0 bridgehead atoms.